The molecule has 1 aliphatic rings. The molecule has 0 atom stereocenters. The number of hydrogen-bond donors (Lipinski definition) is 1. The molecule has 3 rings (SSSR count). The van der Waals surface area contributed by atoms with Gasteiger partial charge in [0.05, 0.1) is 24.0 Å². The lowest BCUT2D eigenvalue weighted by atomic mass is 10.0. The second-order valence-electron chi connectivity index (χ2n) is 6.19. The third-order valence-corrected chi connectivity index (χ3v) is 4.42. The quantitative estimate of drug-likeness (QED) is 0.897. The monoisotopic (exact) mass is 341 g/mol. The number of nitrogens with one attached hydrogen (secondary N) is 1. The third-order valence-electron chi connectivity index (χ3n) is 4.42. The summed E-state index contributed by atoms with van der Waals surface area (Å²) in [5.74, 6) is -0.505. The molecule has 6 nitrogen and oxygen atoms in total. The van der Waals surface area contributed by atoms with Gasteiger partial charge in [-0.2, -0.15) is 10.4 Å². The van der Waals surface area contributed by atoms with E-state index in [2.05, 4.69) is 15.3 Å². The van der Waals surface area contributed by atoms with Crippen molar-refractivity contribution in [1.82, 2.24) is 20.0 Å². The van der Waals surface area contributed by atoms with Crippen LogP contribution in [0.4, 0.5) is 4.39 Å². The fraction of sp³-hybridized carbons (Fsp3) is 0.389. The molecule has 1 N–H and O–H groups in total. The first-order valence-corrected chi connectivity index (χ1v) is 8.21. The Morgan fingerprint density at radius 3 is 2.88 bits per heavy atom. The van der Waals surface area contributed by atoms with E-state index in [0.717, 1.165) is 43.0 Å². The van der Waals surface area contributed by atoms with Crippen molar-refractivity contribution in [2.45, 2.75) is 32.5 Å². The summed E-state index contributed by atoms with van der Waals surface area (Å²) in [4.78, 5) is 13.8. The predicted octanol–water partition coefficient (Wildman–Crippen LogP) is 1.65. The van der Waals surface area contributed by atoms with Crippen LogP contribution in [0.5, 0.6) is 0 Å². The lowest BCUT2D eigenvalue weighted by molar-refractivity contribution is -0.120. The molecule has 1 amide bonds. The Kier molecular flexibility index (Phi) is 5.10. The number of nitriles is 1. The van der Waals surface area contributed by atoms with Gasteiger partial charge in [-0.3, -0.25) is 14.4 Å². The molecule has 7 heteroatoms. The average molecular weight is 341 g/mol. The van der Waals surface area contributed by atoms with Gasteiger partial charge < -0.3 is 5.32 Å². The van der Waals surface area contributed by atoms with Crippen LogP contribution in [0.1, 0.15) is 28.9 Å². The van der Waals surface area contributed by atoms with E-state index in [-0.39, 0.29) is 18.1 Å². The van der Waals surface area contributed by atoms with Crippen LogP contribution in [0.3, 0.4) is 0 Å². The zero-order valence-electron chi connectivity index (χ0n) is 14.1. The van der Waals surface area contributed by atoms with Crippen molar-refractivity contribution in [1.29, 1.82) is 5.26 Å². The molecule has 0 fully saturated rings. The summed E-state index contributed by atoms with van der Waals surface area (Å²) in [6.45, 7) is 2.76. The maximum absolute atomic E-state index is 13.0. The van der Waals surface area contributed by atoms with E-state index in [9.17, 15) is 9.18 Å². The van der Waals surface area contributed by atoms with Crippen LogP contribution in [0, 0.1) is 17.1 Å². The summed E-state index contributed by atoms with van der Waals surface area (Å²) in [7, 11) is 1.90. The highest BCUT2D eigenvalue weighted by Crippen LogP contribution is 2.23. The number of aryl methyl sites for hydroxylation is 1. The smallest absolute Gasteiger partial charge is 0.234 e. The normalized spacial score (nSPS) is 14.0. The lowest BCUT2D eigenvalue weighted by Crippen LogP contribution is -2.31. The van der Waals surface area contributed by atoms with Gasteiger partial charge in [0.15, 0.2) is 0 Å². The van der Waals surface area contributed by atoms with Gasteiger partial charge >= 0.3 is 0 Å². The minimum atomic E-state index is -0.282. The number of amides is 1. The molecule has 0 unspecified atom stereocenters. The second-order valence-corrected chi connectivity index (χ2v) is 6.19. The summed E-state index contributed by atoms with van der Waals surface area (Å²) in [5.41, 5.74) is 4.26. The minimum absolute atomic E-state index is 0.138. The number of nitrogens with zero attached hydrogens (tertiary/aromatic N) is 4. The zero-order chi connectivity index (χ0) is 17.8. The van der Waals surface area contributed by atoms with Gasteiger partial charge in [-0.15, -0.1) is 0 Å². The topological polar surface area (TPSA) is 74.0 Å². The Balaban J connectivity index is 1.66. The Bertz CT molecular complexity index is 806. The first-order chi connectivity index (χ1) is 12.1. The van der Waals surface area contributed by atoms with Gasteiger partial charge in [-0.25, -0.2) is 4.39 Å². The van der Waals surface area contributed by atoms with Gasteiger partial charge in [0, 0.05) is 32.2 Å². The summed E-state index contributed by atoms with van der Waals surface area (Å²) in [6.07, 6.45) is 0.717. The summed E-state index contributed by atoms with van der Waals surface area (Å²) in [5, 5.41) is 15.8. The number of carbonyl (C=O) groups is 1. The number of rotatable bonds is 5. The summed E-state index contributed by atoms with van der Waals surface area (Å²) in [6, 6.07) is 8.42. The molecule has 1 aliphatic heterocycles. The molecule has 0 bridgehead atoms. The van der Waals surface area contributed by atoms with E-state index in [1.165, 1.54) is 17.7 Å². The number of halogens is 1. The Morgan fingerprint density at radius 1 is 1.40 bits per heavy atom. The molecule has 0 saturated heterocycles. The maximum atomic E-state index is 13.0. The van der Waals surface area contributed by atoms with Crippen molar-refractivity contribution in [3.8, 4) is 6.07 Å². The maximum Gasteiger partial charge on any atom is 0.234 e. The van der Waals surface area contributed by atoms with Crippen LogP contribution in [-0.4, -0.2) is 27.1 Å². The molecule has 130 valence electrons. The Labute approximate surface area is 145 Å². The largest absolute Gasteiger partial charge is 0.349 e. The molecule has 0 radical (unpaired) electrons. The number of fused-ring (bicyclic) bond motifs is 1. The van der Waals surface area contributed by atoms with Gasteiger partial charge in [0.1, 0.15) is 12.2 Å². The highest BCUT2D eigenvalue weighted by Gasteiger charge is 2.23. The number of hydrogen-bond acceptors (Lipinski definition) is 4. The molecular weight excluding hydrogens is 321 g/mol. The second kappa shape index (κ2) is 7.45. The third kappa shape index (κ3) is 4.03. The first-order valence-electron chi connectivity index (χ1n) is 8.21. The Morgan fingerprint density at radius 2 is 2.16 bits per heavy atom. The molecule has 0 aliphatic carbocycles. The minimum Gasteiger partial charge on any atom is -0.349 e. The van der Waals surface area contributed by atoms with E-state index in [1.807, 2.05) is 29.9 Å². The molecule has 0 spiro atoms. The van der Waals surface area contributed by atoms with E-state index < -0.39 is 0 Å². The summed E-state index contributed by atoms with van der Waals surface area (Å²) >= 11 is 0. The van der Waals surface area contributed by atoms with Crippen molar-refractivity contribution >= 4 is 5.91 Å². The molecule has 1 aromatic carbocycles. The van der Waals surface area contributed by atoms with Crippen molar-refractivity contribution in [2.24, 2.45) is 7.05 Å². The van der Waals surface area contributed by atoms with E-state index in [4.69, 9.17) is 5.26 Å². The van der Waals surface area contributed by atoms with Gasteiger partial charge in [0.25, 0.3) is 0 Å². The first kappa shape index (κ1) is 17.1. The molecule has 2 aromatic rings. The van der Waals surface area contributed by atoms with E-state index in [0.29, 0.717) is 6.54 Å². The molecule has 2 heterocycles. The van der Waals surface area contributed by atoms with Crippen molar-refractivity contribution < 1.29 is 9.18 Å². The number of benzene rings is 1. The number of aromatic nitrogens is 2. The average Bonchev–Trinajstić information content (AvgIpc) is 2.91. The van der Waals surface area contributed by atoms with Crippen LogP contribution in [0.25, 0.3) is 0 Å². The van der Waals surface area contributed by atoms with Crippen LogP contribution >= 0.6 is 0 Å². The van der Waals surface area contributed by atoms with Gasteiger partial charge in [0.2, 0.25) is 5.91 Å². The summed E-state index contributed by atoms with van der Waals surface area (Å²) < 4.78 is 14.9. The van der Waals surface area contributed by atoms with Crippen LogP contribution < -0.4 is 5.32 Å². The molecule has 1 aromatic heterocycles. The molecular formula is C18H20FN5O. The standard InChI is InChI=1S/C18H20FN5O/c1-23-17-12-24(11-13-2-4-14(19)5-3-13)9-7-15(17)16(22-23)10-21-18(25)6-8-20/h2-5H,6-7,9-12H2,1H3,(H,21,25). The van der Waals surface area contributed by atoms with Gasteiger partial charge in [-0.1, -0.05) is 12.1 Å². The Hall–Kier alpha value is -2.72. The number of carbonyl (C=O) groups excluding carboxylic acids is 1. The fourth-order valence-electron chi connectivity index (χ4n) is 3.15. The van der Waals surface area contributed by atoms with Gasteiger partial charge in [-0.05, 0) is 24.1 Å². The van der Waals surface area contributed by atoms with E-state index in [1.54, 1.807) is 0 Å². The highest BCUT2D eigenvalue weighted by atomic mass is 19.1. The zero-order valence-corrected chi connectivity index (χ0v) is 14.1. The molecule has 25 heavy (non-hydrogen) atoms. The molecule has 0 saturated carbocycles. The predicted molar refractivity (Wildman–Crippen MR) is 89.5 cm³/mol. The highest BCUT2D eigenvalue weighted by molar-refractivity contribution is 5.77. The fourth-order valence-corrected chi connectivity index (χ4v) is 3.15. The van der Waals surface area contributed by atoms with Crippen LogP contribution in [0.15, 0.2) is 24.3 Å². The SMILES string of the molecule is Cn1nc(CNC(=O)CC#N)c2c1CN(Cc1ccc(F)cc1)CC2. The van der Waals surface area contributed by atoms with Crippen molar-refractivity contribution in [3.05, 3.63) is 52.6 Å². The van der Waals surface area contributed by atoms with Crippen LogP contribution in [0.2, 0.25) is 0 Å². The lowest BCUT2D eigenvalue weighted by Gasteiger charge is -2.27. The van der Waals surface area contributed by atoms with E-state index >= 15 is 0 Å². The van der Waals surface area contributed by atoms with Crippen molar-refractivity contribution in [3.63, 3.8) is 0 Å². The van der Waals surface area contributed by atoms with Crippen LogP contribution in [-0.2, 0) is 37.9 Å². The van der Waals surface area contributed by atoms with Crippen molar-refractivity contribution in [2.75, 3.05) is 6.54 Å².